The average molecular weight is 660 g/mol. The molecule has 8 aromatic rings. The highest BCUT2D eigenvalue weighted by Gasteiger charge is 2.40. The van der Waals surface area contributed by atoms with Crippen molar-refractivity contribution in [1.29, 1.82) is 0 Å². The van der Waals surface area contributed by atoms with E-state index in [1.54, 1.807) is 0 Å². The highest BCUT2D eigenvalue weighted by Crippen LogP contribution is 2.56. The van der Waals surface area contributed by atoms with Crippen molar-refractivity contribution >= 4 is 48.6 Å². The summed E-state index contributed by atoms with van der Waals surface area (Å²) in [4.78, 5) is 2.55. The van der Waals surface area contributed by atoms with Crippen LogP contribution in [0.15, 0.2) is 152 Å². The summed E-state index contributed by atoms with van der Waals surface area (Å²) in [6.45, 7) is 9.53. The maximum Gasteiger partial charge on any atom is 0.0540 e. The minimum absolute atomic E-state index is 0.104. The molecule has 2 aliphatic rings. The SMILES string of the molecule is CC1(C)c2ccccc2-c2ccc(N(c3ccccc3-c3ccc4c(c3)sc3ccccc34)c3cccc4c3C(C)(C)c3ccccc3-4)cc21. The minimum atomic E-state index is -0.169. The topological polar surface area (TPSA) is 3.24 Å². The van der Waals surface area contributed by atoms with Crippen molar-refractivity contribution in [3.63, 3.8) is 0 Å². The van der Waals surface area contributed by atoms with Crippen molar-refractivity contribution in [1.82, 2.24) is 0 Å². The first-order valence-electron chi connectivity index (χ1n) is 17.6. The molecule has 50 heavy (non-hydrogen) atoms. The van der Waals surface area contributed by atoms with Crippen LogP contribution in [-0.4, -0.2) is 0 Å². The van der Waals surface area contributed by atoms with E-state index >= 15 is 0 Å². The van der Waals surface area contributed by atoms with Gasteiger partial charge in [-0.3, -0.25) is 0 Å². The third-order valence-electron chi connectivity index (χ3n) is 11.5. The number of hydrogen-bond donors (Lipinski definition) is 0. The lowest BCUT2D eigenvalue weighted by molar-refractivity contribution is 0.658. The fraction of sp³-hybridized carbons (Fsp3) is 0.125. The summed E-state index contributed by atoms with van der Waals surface area (Å²) >= 11 is 1.88. The second-order valence-electron chi connectivity index (χ2n) is 14.9. The first-order chi connectivity index (χ1) is 24.3. The van der Waals surface area contributed by atoms with E-state index in [2.05, 4.69) is 184 Å². The minimum Gasteiger partial charge on any atom is -0.310 e. The van der Waals surface area contributed by atoms with Crippen molar-refractivity contribution < 1.29 is 0 Å². The zero-order chi connectivity index (χ0) is 33.8. The van der Waals surface area contributed by atoms with Gasteiger partial charge in [-0.25, -0.2) is 0 Å². The fourth-order valence-electron chi connectivity index (χ4n) is 9.05. The molecule has 1 aromatic heterocycles. The van der Waals surface area contributed by atoms with Gasteiger partial charge in [0, 0.05) is 42.3 Å². The van der Waals surface area contributed by atoms with Crippen LogP contribution in [0.25, 0.3) is 53.6 Å². The lowest BCUT2D eigenvalue weighted by atomic mass is 9.80. The smallest absolute Gasteiger partial charge is 0.0540 e. The van der Waals surface area contributed by atoms with Gasteiger partial charge in [0.05, 0.1) is 11.4 Å². The molecule has 1 nitrogen and oxygen atoms in total. The number of thiophene rings is 1. The Bertz CT molecular complexity index is 2670. The Kier molecular flexibility index (Phi) is 6.21. The third kappa shape index (κ3) is 4.06. The molecule has 0 saturated heterocycles. The van der Waals surface area contributed by atoms with Crippen LogP contribution in [0.1, 0.15) is 49.9 Å². The summed E-state index contributed by atoms with van der Waals surface area (Å²) in [5.74, 6) is 0. The van der Waals surface area contributed by atoms with E-state index in [1.165, 1.54) is 92.9 Å². The van der Waals surface area contributed by atoms with Crippen LogP contribution in [0.2, 0.25) is 0 Å². The number of fused-ring (bicyclic) bond motifs is 9. The molecule has 0 fully saturated rings. The molecule has 1 heterocycles. The Hall–Kier alpha value is -5.44. The van der Waals surface area contributed by atoms with Crippen LogP contribution < -0.4 is 4.90 Å². The molecule has 0 aliphatic heterocycles. The second kappa shape index (κ2) is 10.5. The van der Waals surface area contributed by atoms with E-state index in [0.29, 0.717) is 0 Å². The molecule has 0 amide bonds. The standard InChI is InChI=1S/C48H37NS/c1-47(2)39-19-9-5-15-33(39)35-27-25-31(29-41(35)47)49(43-22-13-18-38-34-16-6-10-20-40(34)48(3,4)46(38)43)42-21-11-7-14-32(42)30-24-26-37-36-17-8-12-23-44(36)50-45(37)28-30/h5-29H,1-4H3. The maximum atomic E-state index is 2.55. The van der Waals surface area contributed by atoms with Crippen LogP contribution >= 0.6 is 11.3 Å². The third-order valence-corrected chi connectivity index (χ3v) is 12.6. The largest absolute Gasteiger partial charge is 0.310 e. The van der Waals surface area contributed by atoms with E-state index in [9.17, 15) is 0 Å². The van der Waals surface area contributed by atoms with Crippen molar-refractivity contribution in [2.45, 2.75) is 38.5 Å². The van der Waals surface area contributed by atoms with Crippen molar-refractivity contribution in [2.24, 2.45) is 0 Å². The number of rotatable bonds is 4. The molecule has 10 rings (SSSR count). The summed E-state index contributed by atoms with van der Waals surface area (Å²) in [5, 5.41) is 2.65. The zero-order valence-corrected chi connectivity index (χ0v) is 29.6. The van der Waals surface area contributed by atoms with Crippen LogP contribution in [-0.2, 0) is 10.8 Å². The molecule has 0 radical (unpaired) electrons. The summed E-state index contributed by atoms with van der Waals surface area (Å²) in [6, 6.07) is 56.7. The lowest BCUT2D eigenvalue weighted by Crippen LogP contribution is -2.21. The Morgan fingerprint density at radius 2 is 1.02 bits per heavy atom. The predicted octanol–water partition coefficient (Wildman–Crippen LogP) is 13.8. The van der Waals surface area contributed by atoms with Gasteiger partial charge >= 0.3 is 0 Å². The van der Waals surface area contributed by atoms with Crippen molar-refractivity contribution in [3.05, 3.63) is 174 Å². The molecule has 2 heteroatoms. The molecule has 240 valence electrons. The normalized spacial score (nSPS) is 14.7. The van der Waals surface area contributed by atoms with Gasteiger partial charge in [0.1, 0.15) is 0 Å². The van der Waals surface area contributed by atoms with Crippen LogP contribution in [0, 0.1) is 0 Å². The summed E-state index contributed by atoms with van der Waals surface area (Å²) in [6.07, 6.45) is 0. The van der Waals surface area contributed by atoms with E-state index in [1.807, 2.05) is 11.3 Å². The fourth-order valence-corrected chi connectivity index (χ4v) is 10.2. The molecular formula is C48H37NS. The molecular weight excluding hydrogens is 623 g/mol. The molecule has 0 bridgehead atoms. The van der Waals surface area contributed by atoms with Crippen LogP contribution in [0.3, 0.4) is 0 Å². The molecule has 0 N–H and O–H groups in total. The van der Waals surface area contributed by atoms with E-state index in [4.69, 9.17) is 0 Å². The number of hydrogen-bond acceptors (Lipinski definition) is 2. The quantitative estimate of drug-likeness (QED) is 0.182. The van der Waals surface area contributed by atoms with E-state index in [-0.39, 0.29) is 10.8 Å². The molecule has 0 atom stereocenters. The first kappa shape index (κ1) is 29.5. The molecule has 2 aliphatic carbocycles. The highest BCUT2D eigenvalue weighted by atomic mass is 32.1. The van der Waals surface area contributed by atoms with Crippen molar-refractivity contribution in [2.75, 3.05) is 4.90 Å². The average Bonchev–Trinajstić information content (AvgIpc) is 3.72. The molecule has 7 aromatic carbocycles. The van der Waals surface area contributed by atoms with Gasteiger partial charge < -0.3 is 4.90 Å². The highest BCUT2D eigenvalue weighted by molar-refractivity contribution is 7.25. The predicted molar refractivity (Wildman–Crippen MR) is 215 cm³/mol. The summed E-state index contributed by atoms with van der Waals surface area (Å²) in [7, 11) is 0. The second-order valence-corrected chi connectivity index (χ2v) is 16.0. The maximum absolute atomic E-state index is 2.55. The Labute approximate surface area is 298 Å². The number of anilines is 3. The first-order valence-corrected chi connectivity index (χ1v) is 18.4. The lowest BCUT2D eigenvalue weighted by Gasteiger charge is -2.34. The van der Waals surface area contributed by atoms with Gasteiger partial charge in [-0.05, 0) is 86.5 Å². The van der Waals surface area contributed by atoms with Gasteiger partial charge in [0.15, 0.2) is 0 Å². The van der Waals surface area contributed by atoms with E-state index < -0.39 is 0 Å². The molecule has 0 saturated carbocycles. The monoisotopic (exact) mass is 659 g/mol. The van der Waals surface area contributed by atoms with E-state index in [0.717, 1.165) is 0 Å². The van der Waals surface area contributed by atoms with Gasteiger partial charge in [-0.2, -0.15) is 0 Å². The van der Waals surface area contributed by atoms with Gasteiger partial charge in [0.25, 0.3) is 0 Å². The van der Waals surface area contributed by atoms with Gasteiger partial charge in [-0.1, -0.05) is 143 Å². The van der Waals surface area contributed by atoms with Crippen LogP contribution in [0.4, 0.5) is 17.1 Å². The Balaban J connectivity index is 1.23. The Morgan fingerprint density at radius 1 is 0.420 bits per heavy atom. The molecule has 0 unspecified atom stereocenters. The van der Waals surface area contributed by atoms with Gasteiger partial charge in [0.2, 0.25) is 0 Å². The van der Waals surface area contributed by atoms with Crippen LogP contribution in [0.5, 0.6) is 0 Å². The Morgan fingerprint density at radius 3 is 1.84 bits per heavy atom. The number of nitrogens with zero attached hydrogens (tertiary/aromatic N) is 1. The summed E-state index contributed by atoms with van der Waals surface area (Å²) < 4.78 is 2.65. The summed E-state index contributed by atoms with van der Waals surface area (Å²) in [5.41, 5.74) is 16.6. The number of para-hydroxylation sites is 1. The van der Waals surface area contributed by atoms with Gasteiger partial charge in [-0.15, -0.1) is 11.3 Å². The number of benzene rings is 7. The van der Waals surface area contributed by atoms with Crippen molar-refractivity contribution in [3.8, 4) is 33.4 Å². The zero-order valence-electron chi connectivity index (χ0n) is 28.8. The molecule has 0 spiro atoms.